The Kier molecular flexibility index (Phi) is 4.17. The van der Waals surface area contributed by atoms with Gasteiger partial charge in [0.05, 0.1) is 18.0 Å². The van der Waals surface area contributed by atoms with Gasteiger partial charge in [0, 0.05) is 6.54 Å². The van der Waals surface area contributed by atoms with E-state index in [1.54, 1.807) is 0 Å². The number of nitrogens with zero attached hydrogens (tertiary/aromatic N) is 1. The predicted molar refractivity (Wildman–Crippen MR) is 56.2 cm³/mol. The first-order valence-electron chi connectivity index (χ1n) is 4.81. The van der Waals surface area contributed by atoms with E-state index in [-0.39, 0.29) is 17.9 Å². The minimum atomic E-state index is -4.45. The van der Waals surface area contributed by atoms with Gasteiger partial charge in [-0.25, -0.2) is 4.39 Å². The van der Waals surface area contributed by atoms with Crippen LogP contribution in [0, 0.1) is 5.82 Å². The zero-order valence-corrected chi connectivity index (χ0v) is 8.84. The molecular formula is C10H12F4N2O. The number of halogens is 4. The number of alkyl halides is 3. The number of aliphatic hydroxyl groups excluding tert-OH is 1. The van der Waals surface area contributed by atoms with Crippen LogP contribution in [0.4, 0.5) is 28.9 Å². The van der Waals surface area contributed by atoms with Gasteiger partial charge in [-0.15, -0.1) is 0 Å². The van der Waals surface area contributed by atoms with Crippen molar-refractivity contribution < 1.29 is 22.7 Å². The second-order valence-corrected chi connectivity index (χ2v) is 3.46. The summed E-state index contributed by atoms with van der Waals surface area (Å²) in [4.78, 5) is 0.790. The van der Waals surface area contributed by atoms with Crippen LogP contribution in [0.1, 0.15) is 0 Å². The molecule has 0 aromatic heterocycles. The molecule has 1 aromatic rings. The standard InChI is InChI=1S/C10H12F4N2O/c11-7-1-2-8(15)9(5-7)16(3-4-17)6-10(12,13)14/h1-2,5,17H,3-4,6,15H2. The van der Waals surface area contributed by atoms with Crippen LogP contribution in [0.5, 0.6) is 0 Å². The smallest absolute Gasteiger partial charge is 0.397 e. The second kappa shape index (κ2) is 5.22. The molecule has 7 heteroatoms. The molecule has 0 atom stereocenters. The van der Waals surface area contributed by atoms with Gasteiger partial charge in [-0.05, 0) is 18.2 Å². The van der Waals surface area contributed by atoms with Crippen LogP contribution in [-0.4, -0.2) is 31.0 Å². The molecule has 0 saturated carbocycles. The molecule has 0 bridgehead atoms. The number of hydrogen-bond acceptors (Lipinski definition) is 3. The fraction of sp³-hybridized carbons (Fsp3) is 0.400. The Hall–Kier alpha value is -1.50. The normalized spacial score (nSPS) is 11.6. The minimum Gasteiger partial charge on any atom is -0.397 e. The Balaban J connectivity index is 3.00. The van der Waals surface area contributed by atoms with Gasteiger partial charge in [-0.2, -0.15) is 13.2 Å². The summed E-state index contributed by atoms with van der Waals surface area (Å²) in [5.74, 6) is -0.681. The monoisotopic (exact) mass is 252 g/mol. The van der Waals surface area contributed by atoms with Crippen molar-refractivity contribution in [3.05, 3.63) is 24.0 Å². The van der Waals surface area contributed by atoms with Crippen LogP contribution < -0.4 is 10.6 Å². The third-order valence-corrected chi connectivity index (χ3v) is 2.07. The first kappa shape index (κ1) is 13.6. The Morgan fingerprint density at radius 2 is 1.94 bits per heavy atom. The summed E-state index contributed by atoms with van der Waals surface area (Å²) in [6.07, 6.45) is -4.45. The third kappa shape index (κ3) is 4.10. The number of aliphatic hydroxyl groups is 1. The first-order chi connectivity index (χ1) is 7.83. The lowest BCUT2D eigenvalue weighted by Gasteiger charge is -2.26. The highest BCUT2D eigenvalue weighted by atomic mass is 19.4. The summed E-state index contributed by atoms with van der Waals surface area (Å²) in [6, 6.07) is 3.16. The van der Waals surface area contributed by atoms with E-state index in [1.807, 2.05) is 0 Å². The molecule has 0 heterocycles. The molecule has 0 unspecified atom stereocenters. The lowest BCUT2D eigenvalue weighted by atomic mass is 10.2. The molecule has 1 rings (SSSR count). The van der Waals surface area contributed by atoms with Gasteiger partial charge in [-0.3, -0.25) is 0 Å². The molecule has 3 N–H and O–H groups in total. The minimum absolute atomic E-state index is 0.0316. The summed E-state index contributed by atoms with van der Waals surface area (Å²) in [6.45, 7) is -2.04. The molecule has 0 saturated heterocycles. The Morgan fingerprint density at radius 1 is 1.29 bits per heavy atom. The van der Waals surface area contributed by atoms with Crippen LogP contribution in [-0.2, 0) is 0 Å². The van der Waals surface area contributed by atoms with Gasteiger partial charge in [0.2, 0.25) is 0 Å². The summed E-state index contributed by atoms with van der Waals surface area (Å²) in [5, 5.41) is 8.71. The van der Waals surface area contributed by atoms with Crippen molar-refractivity contribution in [1.29, 1.82) is 0 Å². The summed E-state index contributed by atoms with van der Waals surface area (Å²) in [7, 11) is 0. The van der Waals surface area contributed by atoms with E-state index in [1.165, 1.54) is 6.07 Å². The van der Waals surface area contributed by atoms with Crippen molar-refractivity contribution in [1.82, 2.24) is 0 Å². The highest BCUT2D eigenvalue weighted by Crippen LogP contribution is 2.27. The fourth-order valence-corrected chi connectivity index (χ4v) is 1.41. The van der Waals surface area contributed by atoms with Crippen LogP contribution in [0.2, 0.25) is 0 Å². The van der Waals surface area contributed by atoms with Gasteiger partial charge in [0.25, 0.3) is 0 Å². The number of anilines is 2. The summed E-state index contributed by atoms with van der Waals surface area (Å²) < 4.78 is 49.8. The number of hydrogen-bond donors (Lipinski definition) is 2. The highest BCUT2D eigenvalue weighted by molar-refractivity contribution is 5.67. The molecule has 0 amide bonds. The number of nitrogens with two attached hydrogens (primary N) is 1. The van der Waals surface area contributed by atoms with Crippen molar-refractivity contribution in [2.75, 3.05) is 30.3 Å². The van der Waals surface area contributed by atoms with E-state index in [4.69, 9.17) is 10.8 Å². The average Bonchev–Trinajstić information content (AvgIpc) is 2.19. The van der Waals surface area contributed by atoms with Crippen LogP contribution >= 0.6 is 0 Å². The van der Waals surface area contributed by atoms with E-state index in [0.29, 0.717) is 0 Å². The van der Waals surface area contributed by atoms with E-state index in [0.717, 1.165) is 17.0 Å². The van der Waals surface area contributed by atoms with Gasteiger partial charge >= 0.3 is 6.18 Å². The molecular weight excluding hydrogens is 240 g/mol. The SMILES string of the molecule is Nc1ccc(F)cc1N(CCO)CC(F)(F)F. The quantitative estimate of drug-likeness (QED) is 0.634. The largest absolute Gasteiger partial charge is 0.405 e. The molecule has 0 radical (unpaired) electrons. The Labute approximate surface area is 95.4 Å². The van der Waals surface area contributed by atoms with Gasteiger partial charge in [0.15, 0.2) is 0 Å². The van der Waals surface area contributed by atoms with E-state index in [9.17, 15) is 17.6 Å². The van der Waals surface area contributed by atoms with Gasteiger partial charge in [-0.1, -0.05) is 0 Å². The van der Waals surface area contributed by atoms with E-state index in [2.05, 4.69) is 0 Å². The van der Waals surface area contributed by atoms with E-state index >= 15 is 0 Å². The van der Waals surface area contributed by atoms with E-state index < -0.39 is 25.1 Å². The molecule has 0 fully saturated rings. The van der Waals surface area contributed by atoms with Crippen molar-refractivity contribution in [3.8, 4) is 0 Å². The predicted octanol–water partition coefficient (Wildman–Crippen LogP) is 1.77. The summed E-state index contributed by atoms with van der Waals surface area (Å²) in [5.41, 5.74) is 5.44. The average molecular weight is 252 g/mol. The molecule has 0 aliphatic carbocycles. The number of nitrogen functional groups attached to an aromatic ring is 1. The molecule has 0 spiro atoms. The van der Waals surface area contributed by atoms with Crippen LogP contribution in [0.3, 0.4) is 0 Å². The Bertz CT molecular complexity index is 381. The third-order valence-electron chi connectivity index (χ3n) is 2.07. The zero-order valence-electron chi connectivity index (χ0n) is 8.84. The zero-order chi connectivity index (χ0) is 13.1. The van der Waals surface area contributed by atoms with Crippen molar-refractivity contribution in [2.45, 2.75) is 6.18 Å². The van der Waals surface area contributed by atoms with Crippen LogP contribution in [0.15, 0.2) is 18.2 Å². The van der Waals surface area contributed by atoms with Crippen molar-refractivity contribution in [2.24, 2.45) is 0 Å². The van der Waals surface area contributed by atoms with Crippen molar-refractivity contribution in [3.63, 3.8) is 0 Å². The fourth-order valence-electron chi connectivity index (χ4n) is 1.41. The number of benzene rings is 1. The molecule has 17 heavy (non-hydrogen) atoms. The molecule has 3 nitrogen and oxygen atoms in total. The second-order valence-electron chi connectivity index (χ2n) is 3.46. The topological polar surface area (TPSA) is 49.5 Å². The maximum Gasteiger partial charge on any atom is 0.405 e. The molecule has 1 aromatic carbocycles. The van der Waals surface area contributed by atoms with Gasteiger partial charge < -0.3 is 15.7 Å². The van der Waals surface area contributed by atoms with Gasteiger partial charge in [0.1, 0.15) is 12.4 Å². The molecule has 0 aliphatic heterocycles. The Morgan fingerprint density at radius 3 is 2.47 bits per heavy atom. The maximum absolute atomic E-state index is 13.0. The molecule has 96 valence electrons. The molecule has 0 aliphatic rings. The summed E-state index contributed by atoms with van der Waals surface area (Å²) >= 11 is 0. The maximum atomic E-state index is 13.0. The number of rotatable bonds is 4. The lowest BCUT2D eigenvalue weighted by molar-refractivity contribution is -0.119. The highest BCUT2D eigenvalue weighted by Gasteiger charge is 2.31. The van der Waals surface area contributed by atoms with Crippen LogP contribution in [0.25, 0.3) is 0 Å². The lowest BCUT2D eigenvalue weighted by Crippen LogP contribution is -2.36. The first-order valence-corrected chi connectivity index (χ1v) is 4.81. The van der Waals surface area contributed by atoms with Crippen molar-refractivity contribution >= 4 is 11.4 Å².